The Bertz CT molecular complexity index is 322. The molecule has 1 aromatic rings. The Kier molecular flexibility index (Phi) is 4.81. The van der Waals surface area contributed by atoms with Crippen LogP contribution in [-0.4, -0.2) is 30.6 Å². The fourth-order valence-corrected chi connectivity index (χ4v) is 2.43. The van der Waals surface area contributed by atoms with Crippen molar-refractivity contribution in [1.82, 2.24) is 4.90 Å². The van der Waals surface area contributed by atoms with Gasteiger partial charge in [0.2, 0.25) is 0 Å². The zero-order chi connectivity index (χ0) is 12.1. The minimum absolute atomic E-state index is 0.431. The van der Waals surface area contributed by atoms with Crippen LogP contribution in [0.15, 0.2) is 24.3 Å². The number of phenols is 1. The minimum atomic E-state index is 0.431. The van der Waals surface area contributed by atoms with Crippen molar-refractivity contribution in [1.29, 1.82) is 0 Å². The van der Waals surface area contributed by atoms with E-state index in [2.05, 4.69) is 32.8 Å². The molecule has 2 nitrogen and oxygen atoms in total. The predicted octanol–water partition coefficient (Wildman–Crippen LogP) is 3.08. The Balaban J connectivity index is 2.86. The standard InChI is InChI=1S/C14H23NO/c1-5-12(11(2)10-15(3)4)13-8-6-7-9-14(13)16/h6-9,11-12,16H,5,10H2,1-4H3/t11?,12-/m1/s1. The van der Waals surface area contributed by atoms with Gasteiger partial charge in [-0.05, 0) is 44.0 Å². The number of rotatable bonds is 5. The van der Waals surface area contributed by atoms with E-state index >= 15 is 0 Å². The van der Waals surface area contributed by atoms with Crippen molar-refractivity contribution in [3.63, 3.8) is 0 Å². The summed E-state index contributed by atoms with van der Waals surface area (Å²) in [6, 6.07) is 7.69. The molecule has 0 heterocycles. The van der Waals surface area contributed by atoms with Crippen LogP contribution in [0.3, 0.4) is 0 Å². The Morgan fingerprint density at radius 1 is 1.25 bits per heavy atom. The van der Waals surface area contributed by atoms with Crippen molar-refractivity contribution in [2.75, 3.05) is 20.6 Å². The molecule has 0 aliphatic carbocycles. The summed E-state index contributed by atoms with van der Waals surface area (Å²) < 4.78 is 0. The Morgan fingerprint density at radius 3 is 2.38 bits per heavy atom. The zero-order valence-corrected chi connectivity index (χ0v) is 10.8. The lowest BCUT2D eigenvalue weighted by atomic mass is 9.84. The zero-order valence-electron chi connectivity index (χ0n) is 10.8. The topological polar surface area (TPSA) is 23.5 Å². The number of para-hydroxylation sites is 1. The summed E-state index contributed by atoms with van der Waals surface area (Å²) in [5.74, 6) is 1.41. The van der Waals surface area contributed by atoms with Gasteiger partial charge in [-0.3, -0.25) is 0 Å². The molecule has 1 aromatic carbocycles. The van der Waals surface area contributed by atoms with Gasteiger partial charge in [0.25, 0.3) is 0 Å². The number of hydrogen-bond donors (Lipinski definition) is 1. The van der Waals surface area contributed by atoms with Gasteiger partial charge < -0.3 is 10.0 Å². The van der Waals surface area contributed by atoms with Crippen LogP contribution in [0, 0.1) is 5.92 Å². The smallest absolute Gasteiger partial charge is 0.119 e. The van der Waals surface area contributed by atoms with Gasteiger partial charge in [-0.15, -0.1) is 0 Å². The first kappa shape index (κ1) is 13.0. The average Bonchev–Trinajstić information content (AvgIpc) is 2.20. The molecule has 0 saturated carbocycles. The van der Waals surface area contributed by atoms with Crippen molar-refractivity contribution in [3.05, 3.63) is 29.8 Å². The van der Waals surface area contributed by atoms with Gasteiger partial charge in [0.15, 0.2) is 0 Å². The van der Waals surface area contributed by atoms with Crippen molar-refractivity contribution in [2.45, 2.75) is 26.2 Å². The van der Waals surface area contributed by atoms with Gasteiger partial charge >= 0.3 is 0 Å². The van der Waals surface area contributed by atoms with E-state index in [0.29, 0.717) is 17.6 Å². The molecule has 16 heavy (non-hydrogen) atoms. The van der Waals surface area contributed by atoms with Crippen LogP contribution in [-0.2, 0) is 0 Å². The molecule has 0 aromatic heterocycles. The van der Waals surface area contributed by atoms with E-state index in [-0.39, 0.29) is 0 Å². The summed E-state index contributed by atoms with van der Waals surface area (Å²) in [7, 11) is 4.18. The SMILES string of the molecule is CC[C@@H](c1ccccc1O)C(C)CN(C)C. The predicted molar refractivity (Wildman–Crippen MR) is 68.9 cm³/mol. The van der Waals surface area contributed by atoms with Crippen LogP contribution in [0.25, 0.3) is 0 Å². The molecule has 0 aliphatic heterocycles. The van der Waals surface area contributed by atoms with Crippen LogP contribution >= 0.6 is 0 Å². The van der Waals surface area contributed by atoms with Crippen LogP contribution < -0.4 is 0 Å². The van der Waals surface area contributed by atoms with Crippen LogP contribution in [0.2, 0.25) is 0 Å². The highest BCUT2D eigenvalue weighted by molar-refractivity contribution is 5.35. The first-order valence-electron chi connectivity index (χ1n) is 5.98. The van der Waals surface area contributed by atoms with Gasteiger partial charge in [-0.2, -0.15) is 0 Å². The fraction of sp³-hybridized carbons (Fsp3) is 0.571. The molecule has 0 aliphatic rings. The molecule has 0 saturated heterocycles. The third kappa shape index (κ3) is 3.24. The first-order chi connectivity index (χ1) is 7.56. The summed E-state index contributed by atoms with van der Waals surface area (Å²) in [5.41, 5.74) is 1.08. The normalized spacial score (nSPS) is 15.1. The van der Waals surface area contributed by atoms with Crippen LogP contribution in [0.5, 0.6) is 5.75 Å². The highest BCUT2D eigenvalue weighted by Crippen LogP contribution is 2.33. The van der Waals surface area contributed by atoms with E-state index < -0.39 is 0 Å². The first-order valence-corrected chi connectivity index (χ1v) is 5.98. The van der Waals surface area contributed by atoms with Crippen molar-refractivity contribution in [3.8, 4) is 5.75 Å². The monoisotopic (exact) mass is 221 g/mol. The summed E-state index contributed by atoms with van der Waals surface area (Å²) in [4.78, 5) is 2.20. The molecule has 1 unspecified atom stereocenters. The second kappa shape index (κ2) is 5.90. The van der Waals surface area contributed by atoms with E-state index in [4.69, 9.17) is 0 Å². The summed E-state index contributed by atoms with van der Waals surface area (Å²) in [5, 5.41) is 9.88. The highest BCUT2D eigenvalue weighted by atomic mass is 16.3. The Morgan fingerprint density at radius 2 is 1.88 bits per heavy atom. The molecule has 0 amide bonds. The number of nitrogens with zero attached hydrogens (tertiary/aromatic N) is 1. The molecule has 0 spiro atoms. The number of hydrogen-bond acceptors (Lipinski definition) is 2. The minimum Gasteiger partial charge on any atom is -0.508 e. The van der Waals surface area contributed by atoms with Crippen molar-refractivity contribution < 1.29 is 5.11 Å². The Hall–Kier alpha value is -1.02. The molecule has 0 bridgehead atoms. The Labute approximate surface area is 98.9 Å². The molecular formula is C14H23NO. The number of aromatic hydroxyl groups is 1. The van der Waals surface area contributed by atoms with Gasteiger partial charge in [0.1, 0.15) is 5.75 Å². The lowest BCUT2D eigenvalue weighted by molar-refractivity contribution is 0.298. The second-order valence-electron chi connectivity index (χ2n) is 4.81. The molecule has 1 N–H and O–H groups in total. The molecule has 2 atom stereocenters. The van der Waals surface area contributed by atoms with Crippen LogP contribution in [0.1, 0.15) is 31.7 Å². The van der Waals surface area contributed by atoms with E-state index in [1.807, 2.05) is 18.2 Å². The third-order valence-electron chi connectivity index (χ3n) is 3.12. The van der Waals surface area contributed by atoms with Gasteiger partial charge in [-0.25, -0.2) is 0 Å². The lowest BCUT2D eigenvalue weighted by Gasteiger charge is -2.26. The highest BCUT2D eigenvalue weighted by Gasteiger charge is 2.20. The molecule has 2 heteroatoms. The van der Waals surface area contributed by atoms with Gasteiger partial charge in [0.05, 0.1) is 0 Å². The van der Waals surface area contributed by atoms with E-state index in [0.717, 1.165) is 18.5 Å². The molecule has 1 rings (SSSR count). The maximum atomic E-state index is 9.88. The summed E-state index contributed by atoms with van der Waals surface area (Å²) in [6.07, 6.45) is 1.06. The van der Waals surface area contributed by atoms with Gasteiger partial charge in [-0.1, -0.05) is 32.0 Å². The van der Waals surface area contributed by atoms with Crippen molar-refractivity contribution in [2.24, 2.45) is 5.92 Å². The van der Waals surface area contributed by atoms with E-state index in [1.54, 1.807) is 6.07 Å². The fourth-order valence-electron chi connectivity index (χ4n) is 2.43. The summed E-state index contributed by atoms with van der Waals surface area (Å²) >= 11 is 0. The average molecular weight is 221 g/mol. The maximum absolute atomic E-state index is 9.88. The largest absolute Gasteiger partial charge is 0.508 e. The quantitative estimate of drug-likeness (QED) is 0.826. The molecule has 90 valence electrons. The number of benzene rings is 1. The maximum Gasteiger partial charge on any atom is 0.119 e. The van der Waals surface area contributed by atoms with E-state index in [1.165, 1.54) is 0 Å². The molecule has 0 radical (unpaired) electrons. The van der Waals surface area contributed by atoms with E-state index in [9.17, 15) is 5.11 Å². The third-order valence-corrected chi connectivity index (χ3v) is 3.12. The summed E-state index contributed by atoms with van der Waals surface area (Å²) in [6.45, 7) is 5.48. The van der Waals surface area contributed by atoms with Crippen molar-refractivity contribution >= 4 is 0 Å². The molecule has 0 fully saturated rings. The molecular weight excluding hydrogens is 198 g/mol. The van der Waals surface area contributed by atoms with Gasteiger partial charge in [0, 0.05) is 6.54 Å². The van der Waals surface area contributed by atoms with Crippen LogP contribution in [0.4, 0.5) is 0 Å². The lowest BCUT2D eigenvalue weighted by Crippen LogP contribution is -2.24. The number of phenolic OH excluding ortho intramolecular Hbond substituents is 1. The second-order valence-corrected chi connectivity index (χ2v) is 4.81.